The molecular weight excluding hydrogens is 188 g/mol. The lowest BCUT2D eigenvalue weighted by atomic mass is 9.98. The number of hydrogen-bond donors (Lipinski definition) is 1. The first-order valence-corrected chi connectivity index (χ1v) is 6.22. The van der Waals surface area contributed by atoms with Crippen LogP contribution in [0.25, 0.3) is 0 Å². The van der Waals surface area contributed by atoms with Gasteiger partial charge in [0, 0.05) is 17.9 Å². The van der Waals surface area contributed by atoms with Crippen LogP contribution >= 0.6 is 0 Å². The van der Waals surface area contributed by atoms with Crippen molar-refractivity contribution in [1.82, 2.24) is 0 Å². The van der Waals surface area contributed by atoms with Crippen LogP contribution in [0.2, 0.25) is 0 Å². The van der Waals surface area contributed by atoms with Gasteiger partial charge in [0.2, 0.25) is 0 Å². The summed E-state index contributed by atoms with van der Waals surface area (Å²) in [5, 5.41) is 9.82. The number of carbonyl (C=O) groups is 1. The van der Waals surface area contributed by atoms with Crippen LogP contribution in [-0.4, -0.2) is 10.9 Å². The van der Waals surface area contributed by atoms with Gasteiger partial charge in [-0.15, -0.1) is 0 Å². The van der Waals surface area contributed by atoms with Crippen LogP contribution in [0.1, 0.15) is 51.4 Å². The van der Waals surface area contributed by atoms with Crippen LogP contribution in [-0.2, 0) is 4.79 Å². The molecule has 0 aliphatic heterocycles. The Kier molecular flexibility index (Phi) is 3.45. The molecule has 2 fully saturated rings. The van der Waals surface area contributed by atoms with Gasteiger partial charge in [0.1, 0.15) is 0 Å². The van der Waals surface area contributed by atoms with Crippen molar-refractivity contribution in [2.24, 2.45) is 11.8 Å². The molecule has 2 nitrogen and oxygen atoms in total. The van der Waals surface area contributed by atoms with Gasteiger partial charge in [-0.2, -0.15) is 0 Å². The molecule has 0 amide bonds. The Morgan fingerprint density at radius 2 is 1.40 bits per heavy atom. The molecule has 0 aromatic rings. The number of ketones is 1. The third-order valence-corrected chi connectivity index (χ3v) is 3.82. The number of rotatable bonds is 3. The third-order valence-electron chi connectivity index (χ3n) is 3.82. The van der Waals surface area contributed by atoms with E-state index in [0.717, 1.165) is 25.7 Å². The van der Waals surface area contributed by atoms with Crippen LogP contribution in [0.4, 0.5) is 0 Å². The molecule has 2 rings (SSSR count). The summed E-state index contributed by atoms with van der Waals surface area (Å²) in [6, 6.07) is 0. The maximum Gasteiger partial charge on any atom is 0.162 e. The van der Waals surface area contributed by atoms with Gasteiger partial charge in [-0.25, -0.2) is 0 Å². The highest BCUT2D eigenvalue weighted by molar-refractivity contribution is 5.92. The van der Waals surface area contributed by atoms with Gasteiger partial charge in [0.15, 0.2) is 5.78 Å². The van der Waals surface area contributed by atoms with E-state index in [-0.39, 0.29) is 17.6 Å². The minimum absolute atomic E-state index is 0.164. The van der Waals surface area contributed by atoms with E-state index >= 15 is 0 Å². The number of aliphatic hydroxyl groups excluding tert-OH is 1. The normalized spacial score (nSPS) is 24.9. The fourth-order valence-corrected chi connectivity index (χ4v) is 2.81. The summed E-state index contributed by atoms with van der Waals surface area (Å²) in [6.45, 7) is 0. The first kappa shape index (κ1) is 10.7. The Hall–Kier alpha value is -0.790. The highest BCUT2D eigenvalue weighted by Gasteiger charge is 2.24. The Morgan fingerprint density at radius 3 is 1.93 bits per heavy atom. The molecule has 0 aromatic heterocycles. The van der Waals surface area contributed by atoms with Crippen molar-refractivity contribution in [3.8, 4) is 0 Å². The lowest BCUT2D eigenvalue weighted by molar-refractivity contribution is -0.118. The molecule has 0 saturated heterocycles. The minimum atomic E-state index is 0.164. The number of carbonyl (C=O) groups excluding carboxylic acids is 1. The second kappa shape index (κ2) is 4.82. The van der Waals surface area contributed by atoms with Crippen molar-refractivity contribution in [1.29, 1.82) is 0 Å². The summed E-state index contributed by atoms with van der Waals surface area (Å²) >= 11 is 0. The van der Waals surface area contributed by atoms with Crippen LogP contribution in [0.5, 0.6) is 0 Å². The Morgan fingerprint density at radius 1 is 0.933 bits per heavy atom. The molecule has 15 heavy (non-hydrogen) atoms. The van der Waals surface area contributed by atoms with Gasteiger partial charge in [-0.05, 0) is 25.7 Å². The fraction of sp³-hybridized carbons (Fsp3) is 0.769. The molecule has 0 aromatic carbocycles. The summed E-state index contributed by atoms with van der Waals surface area (Å²) in [5.41, 5.74) is 0. The smallest absolute Gasteiger partial charge is 0.162 e. The molecule has 0 spiro atoms. The van der Waals surface area contributed by atoms with Gasteiger partial charge in [0.05, 0.1) is 5.76 Å². The maximum atomic E-state index is 11.8. The molecule has 1 N–H and O–H groups in total. The zero-order valence-electron chi connectivity index (χ0n) is 9.24. The summed E-state index contributed by atoms with van der Waals surface area (Å²) in [5.74, 6) is 0.991. The summed E-state index contributed by atoms with van der Waals surface area (Å²) < 4.78 is 0. The number of aliphatic hydroxyl groups is 1. The van der Waals surface area contributed by atoms with Gasteiger partial charge in [-0.3, -0.25) is 4.79 Å². The van der Waals surface area contributed by atoms with Crippen molar-refractivity contribution in [3.63, 3.8) is 0 Å². The molecule has 2 saturated carbocycles. The predicted octanol–water partition coefficient (Wildman–Crippen LogP) is 3.38. The summed E-state index contributed by atoms with van der Waals surface area (Å²) in [4.78, 5) is 11.8. The van der Waals surface area contributed by atoms with E-state index < -0.39 is 0 Å². The Bertz CT molecular complexity index is 256. The van der Waals surface area contributed by atoms with Crippen molar-refractivity contribution >= 4 is 5.78 Å². The quantitative estimate of drug-likeness (QED) is 0.570. The highest BCUT2D eigenvalue weighted by atomic mass is 16.3. The Labute approximate surface area is 91.4 Å². The van der Waals surface area contributed by atoms with Gasteiger partial charge >= 0.3 is 0 Å². The monoisotopic (exact) mass is 208 g/mol. The molecule has 0 bridgehead atoms. The molecule has 2 aliphatic rings. The van der Waals surface area contributed by atoms with Crippen molar-refractivity contribution in [3.05, 3.63) is 11.8 Å². The van der Waals surface area contributed by atoms with E-state index in [1.807, 2.05) is 0 Å². The van der Waals surface area contributed by atoms with E-state index in [1.165, 1.54) is 31.8 Å². The molecule has 0 unspecified atom stereocenters. The van der Waals surface area contributed by atoms with Crippen LogP contribution in [0.15, 0.2) is 11.8 Å². The van der Waals surface area contributed by atoms with Gasteiger partial charge in [-0.1, -0.05) is 25.7 Å². The molecule has 0 atom stereocenters. The molecule has 2 aliphatic carbocycles. The molecule has 84 valence electrons. The first-order valence-electron chi connectivity index (χ1n) is 6.22. The van der Waals surface area contributed by atoms with Crippen molar-refractivity contribution < 1.29 is 9.90 Å². The third kappa shape index (κ3) is 2.61. The Balaban J connectivity index is 1.92. The highest BCUT2D eigenvalue weighted by Crippen LogP contribution is 2.31. The SMILES string of the molecule is O=C(C=C(O)C1CCCC1)C1CCCC1. The van der Waals surface area contributed by atoms with E-state index in [4.69, 9.17) is 0 Å². The maximum absolute atomic E-state index is 11.8. The predicted molar refractivity (Wildman–Crippen MR) is 59.6 cm³/mol. The molecular formula is C13H20O2. The second-order valence-electron chi connectivity index (χ2n) is 4.93. The van der Waals surface area contributed by atoms with Crippen molar-refractivity contribution in [2.45, 2.75) is 51.4 Å². The molecule has 0 heterocycles. The van der Waals surface area contributed by atoms with Crippen LogP contribution < -0.4 is 0 Å². The number of hydrogen-bond acceptors (Lipinski definition) is 2. The second-order valence-corrected chi connectivity index (χ2v) is 4.93. The zero-order chi connectivity index (χ0) is 10.7. The lowest BCUT2D eigenvalue weighted by Gasteiger charge is -2.09. The minimum Gasteiger partial charge on any atom is -0.512 e. The topological polar surface area (TPSA) is 37.3 Å². The number of allylic oxidation sites excluding steroid dienone is 2. The largest absolute Gasteiger partial charge is 0.512 e. The van der Waals surface area contributed by atoms with Crippen LogP contribution in [0, 0.1) is 11.8 Å². The average Bonchev–Trinajstić information content (AvgIpc) is 2.91. The van der Waals surface area contributed by atoms with E-state index in [2.05, 4.69) is 0 Å². The van der Waals surface area contributed by atoms with E-state index in [9.17, 15) is 9.90 Å². The fourth-order valence-electron chi connectivity index (χ4n) is 2.81. The van der Waals surface area contributed by atoms with E-state index in [0.29, 0.717) is 5.76 Å². The zero-order valence-corrected chi connectivity index (χ0v) is 9.24. The summed E-state index contributed by atoms with van der Waals surface area (Å²) in [7, 11) is 0. The van der Waals surface area contributed by atoms with Crippen LogP contribution in [0.3, 0.4) is 0 Å². The summed E-state index contributed by atoms with van der Waals surface area (Å²) in [6.07, 6.45) is 10.4. The standard InChI is InChI=1S/C13H20O2/c14-12(10-5-1-2-6-10)9-13(15)11-7-3-4-8-11/h9-11,14H,1-8H2. The average molecular weight is 208 g/mol. The van der Waals surface area contributed by atoms with E-state index in [1.54, 1.807) is 0 Å². The molecule has 2 heteroatoms. The van der Waals surface area contributed by atoms with Gasteiger partial charge in [0.25, 0.3) is 0 Å². The molecule has 0 radical (unpaired) electrons. The lowest BCUT2D eigenvalue weighted by Crippen LogP contribution is -2.10. The van der Waals surface area contributed by atoms with Gasteiger partial charge < -0.3 is 5.11 Å². The first-order chi connectivity index (χ1) is 7.27. The van der Waals surface area contributed by atoms with Crippen molar-refractivity contribution in [2.75, 3.05) is 0 Å².